The van der Waals surface area contributed by atoms with E-state index in [0.29, 0.717) is 24.0 Å². The summed E-state index contributed by atoms with van der Waals surface area (Å²) in [5.41, 5.74) is 2.00. The number of nitrogens with one attached hydrogen (secondary N) is 1. The summed E-state index contributed by atoms with van der Waals surface area (Å²) in [5, 5.41) is 12.5. The Labute approximate surface area is 200 Å². The van der Waals surface area contributed by atoms with E-state index >= 15 is 0 Å². The molecule has 0 aliphatic carbocycles. The molecule has 2 heterocycles. The third-order valence-corrected chi connectivity index (χ3v) is 7.79. The maximum absolute atomic E-state index is 12.2. The molecule has 2 aromatic carbocycles. The number of fused-ring (bicyclic) bond motifs is 1. The molecule has 0 saturated heterocycles. The number of hydrogen-bond acceptors (Lipinski definition) is 7. The van der Waals surface area contributed by atoms with Crippen molar-refractivity contribution < 1.29 is 4.79 Å². The number of nitrogens with zero attached hydrogens (tertiary/aromatic N) is 4. The molecule has 2 aromatic heterocycles. The number of benzene rings is 2. The molecule has 4 rings (SSSR count). The number of thiazole rings is 1. The minimum Gasteiger partial charge on any atom is -0.355 e. The van der Waals surface area contributed by atoms with Crippen LogP contribution in [0.4, 0.5) is 0 Å². The second-order valence-corrected chi connectivity index (χ2v) is 10.8. The number of carbonyl (C=O) groups is 1. The fourth-order valence-electron chi connectivity index (χ4n) is 3.04. The van der Waals surface area contributed by atoms with Gasteiger partial charge in [0, 0.05) is 12.2 Å². The fourth-order valence-corrected chi connectivity index (χ4v) is 5.83. The van der Waals surface area contributed by atoms with Gasteiger partial charge in [0.15, 0.2) is 9.50 Å². The smallest absolute Gasteiger partial charge is 0.230 e. The van der Waals surface area contributed by atoms with E-state index in [1.54, 1.807) is 23.1 Å². The van der Waals surface area contributed by atoms with Gasteiger partial charge in [-0.15, -0.1) is 21.5 Å². The third kappa shape index (κ3) is 5.90. The Morgan fingerprint density at radius 2 is 1.84 bits per heavy atom. The average molecular weight is 484 g/mol. The summed E-state index contributed by atoms with van der Waals surface area (Å²) in [6.07, 6.45) is 0.976. The highest BCUT2D eigenvalue weighted by Gasteiger charge is 2.17. The van der Waals surface area contributed by atoms with E-state index in [9.17, 15) is 4.79 Å². The van der Waals surface area contributed by atoms with E-state index in [1.807, 2.05) is 53.1 Å². The summed E-state index contributed by atoms with van der Waals surface area (Å²) in [6, 6.07) is 18.2. The molecule has 1 amide bonds. The zero-order chi connectivity index (χ0) is 22.3. The Morgan fingerprint density at radius 1 is 1.06 bits per heavy atom. The molecule has 0 aliphatic heterocycles. The zero-order valence-electron chi connectivity index (χ0n) is 18.0. The maximum atomic E-state index is 12.2. The van der Waals surface area contributed by atoms with Crippen molar-refractivity contribution in [1.82, 2.24) is 25.1 Å². The van der Waals surface area contributed by atoms with Gasteiger partial charge in [-0.05, 0) is 36.6 Å². The summed E-state index contributed by atoms with van der Waals surface area (Å²) in [5.74, 6) is 2.38. The van der Waals surface area contributed by atoms with Crippen LogP contribution in [-0.4, -0.2) is 38.0 Å². The molecule has 166 valence electrons. The first-order valence-corrected chi connectivity index (χ1v) is 13.3. The summed E-state index contributed by atoms with van der Waals surface area (Å²) >= 11 is 4.75. The van der Waals surface area contributed by atoms with Crippen LogP contribution in [0.25, 0.3) is 15.9 Å². The molecular weight excluding hydrogens is 458 g/mol. The van der Waals surface area contributed by atoms with Crippen LogP contribution in [0.3, 0.4) is 0 Å². The fraction of sp³-hybridized carbons (Fsp3) is 0.304. The van der Waals surface area contributed by atoms with Gasteiger partial charge >= 0.3 is 0 Å². The molecule has 0 unspecified atom stereocenters. The first-order chi connectivity index (χ1) is 15.6. The van der Waals surface area contributed by atoms with Crippen molar-refractivity contribution in [3.8, 4) is 5.69 Å². The molecular formula is C23H25N5OS3. The normalized spacial score (nSPS) is 11.3. The second kappa shape index (κ2) is 11.0. The number of rotatable bonds is 10. The van der Waals surface area contributed by atoms with Crippen molar-refractivity contribution in [3.05, 3.63) is 60.4 Å². The van der Waals surface area contributed by atoms with E-state index in [-0.39, 0.29) is 5.91 Å². The Bertz CT molecular complexity index is 1140. The molecule has 0 saturated carbocycles. The van der Waals surface area contributed by atoms with Crippen LogP contribution in [0.15, 0.2) is 64.1 Å². The van der Waals surface area contributed by atoms with Gasteiger partial charge in [-0.1, -0.05) is 67.7 Å². The SMILES string of the molecule is CC(C)CCNC(=O)CSc1nnc(CSc2nc3ccccc3s2)n1-c1ccccc1. The van der Waals surface area contributed by atoms with E-state index in [4.69, 9.17) is 4.98 Å². The number of para-hydroxylation sites is 2. The van der Waals surface area contributed by atoms with Crippen molar-refractivity contribution >= 4 is 51.0 Å². The Balaban J connectivity index is 1.47. The number of hydrogen-bond donors (Lipinski definition) is 1. The van der Waals surface area contributed by atoms with Gasteiger partial charge in [0.1, 0.15) is 5.82 Å². The molecule has 0 radical (unpaired) electrons. The van der Waals surface area contributed by atoms with Crippen molar-refractivity contribution in [2.24, 2.45) is 5.92 Å². The van der Waals surface area contributed by atoms with Crippen LogP contribution < -0.4 is 5.32 Å². The number of amides is 1. The average Bonchev–Trinajstić information content (AvgIpc) is 3.40. The molecule has 6 nitrogen and oxygen atoms in total. The number of thioether (sulfide) groups is 2. The summed E-state index contributed by atoms with van der Waals surface area (Å²) in [7, 11) is 0. The lowest BCUT2D eigenvalue weighted by atomic mass is 10.1. The van der Waals surface area contributed by atoms with Gasteiger partial charge in [-0.3, -0.25) is 9.36 Å². The largest absolute Gasteiger partial charge is 0.355 e. The predicted octanol–water partition coefficient (Wildman–Crippen LogP) is 5.42. The molecule has 1 N–H and O–H groups in total. The van der Waals surface area contributed by atoms with Crippen molar-refractivity contribution in [1.29, 1.82) is 0 Å². The first kappa shape index (κ1) is 22.8. The quantitative estimate of drug-likeness (QED) is 0.304. The lowest BCUT2D eigenvalue weighted by Gasteiger charge is -2.10. The Hall–Kier alpha value is -2.36. The van der Waals surface area contributed by atoms with Gasteiger partial charge in [0.2, 0.25) is 5.91 Å². The van der Waals surface area contributed by atoms with Crippen molar-refractivity contribution in [2.45, 2.75) is 35.5 Å². The predicted molar refractivity (Wildman–Crippen MR) is 134 cm³/mol. The van der Waals surface area contributed by atoms with Gasteiger partial charge in [-0.2, -0.15) is 0 Å². The van der Waals surface area contributed by atoms with Crippen LogP contribution in [0.1, 0.15) is 26.1 Å². The van der Waals surface area contributed by atoms with Crippen molar-refractivity contribution in [3.63, 3.8) is 0 Å². The first-order valence-electron chi connectivity index (χ1n) is 10.5. The van der Waals surface area contributed by atoms with Crippen LogP contribution in [0, 0.1) is 5.92 Å². The summed E-state index contributed by atoms with van der Waals surface area (Å²) in [6.45, 7) is 5.00. The summed E-state index contributed by atoms with van der Waals surface area (Å²) < 4.78 is 4.22. The van der Waals surface area contributed by atoms with E-state index in [0.717, 1.165) is 32.9 Å². The molecule has 0 bridgehead atoms. The lowest BCUT2D eigenvalue weighted by molar-refractivity contribution is -0.118. The van der Waals surface area contributed by atoms with E-state index in [2.05, 4.69) is 35.4 Å². The highest BCUT2D eigenvalue weighted by Crippen LogP contribution is 2.32. The monoisotopic (exact) mass is 483 g/mol. The Kier molecular flexibility index (Phi) is 7.83. The molecule has 0 atom stereocenters. The standard InChI is InChI=1S/C23H25N5OS3/c1-16(2)12-13-24-21(29)15-30-22-27-26-20(28(22)17-8-4-3-5-9-17)14-31-23-25-18-10-6-7-11-19(18)32-23/h3-11,16H,12-15H2,1-2H3,(H,24,29). The van der Waals surface area contributed by atoms with Crippen LogP contribution >= 0.6 is 34.9 Å². The molecule has 0 spiro atoms. The number of aromatic nitrogens is 4. The van der Waals surface area contributed by atoms with Gasteiger partial charge < -0.3 is 5.32 Å². The van der Waals surface area contributed by atoms with Crippen LogP contribution in [-0.2, 0) is 10.5 Å². The highest BCUT2D eigenvalue weighted by molar-refractivity contribution is 8.00. The van der Waals surface area contributed by atoms with Gasteiger partial charge in [-0.25, -0.2) is 4.98 Å². The third-order valence-electron chi connectivity index (χ3n) is 4.69. The number of carbonyl (C=O) groups excluding carboxylic acids is 1. The topological polar surface area (TPSA) is 72.7 Å². The molecule has 32 heavy (non-hydrogen) atoms. The van der Waals surface area contributed by atoms with Crippen LogP contribution in [0.2, 0.25) is 0 Å². The summed E-state index contributed by atoms with van der Waals surface area (Å²) in [4.78, 5) is 17.0. The molecule has 4 aromatic rings. The maximum Gasteiger partial charge on any atom is 0.230 e. The van der Waals surface area contributed by atoms with Gasteiger partial charge in [0.05, 0.1) is 21.7 Å². The van der Waals surface area contributed by atoms with E-state index < -0.39 is 0 Å². The zero-order valence-corrected chi connectivity index (χ0v) is 20.5. The molecule has 0 aliphatic rings. The molecule has 9 heteroatoms. The Morgan fingerprint density at radius 3 is 2.62 bits per heavy atom. The second-order valence-electron chi connectivity index (χ2n) is 7.63. The molecule has 0 fully saturated rings. The lowest BCUT2D eigenvalue weighted by Crippen LogP contribution is -2.27. The van der Waals surface area contributed by atoms with Crippen molar-refractivity contribution in [2.75, 3.05) is 12.3 Å². The van der Waals surface area contributed by atoms with E-state index in [1.165, 1.54) is 16.5 Å². The highest BCUT2D eigenvalue weighted by atomic mass is 32.2. The minimum atomic E-state index is 0.0173. The van der Waals surface area contributed by atoms with Gasteiger partial charge in [0.25, 0.3) is 0 Å². The minimum absolute atomic E-state index is 0.0173. The van der Waals surface area contributed by atoms with Crippen LogP contribution in [0.5, 0.6) is 0 Å².